The van der Waals surface area contributed by atoms with Crippen molar-refractivity contribution < 1.29 is 19.8 Å². The Hall–Kier alpha value is -3.74. The van der Waals surface area contributed by atoms with Crippen molar-refractivity contribution in [3.05, 3.63) is 60.2 Å². The van der Waals surface area contributed by atoms with Gasteiger partial charge in [-0.05, 0) is 30.2 Å². The number of pyridine rings is 1. The van der Waals surface area contributed by atoms with E-state index in [4.69, 9.17) is 10.6 Å². The van der Waals surface area contributed by atoms with Gasteiger partial charge in [-0.25, -0.2) is 9.78 Å². The number of nitrogens with zero attached hydrogens (tertiary/aromatic N) is 2. The third kappa shape index (κ3) is 3.10. The maximum Gasteiger partial charge on any atom is 0.333 e. The molecular weight excluding hydrogens is 346 g/mol. The second-order valence-electron chi connectivity index (χ2n) is 6.20. The van der Waals surface area contributed by atoms with Crippen molar-refractivity contribution in [3.63, 3.8) is 0 Å². The Morgan fingerprint density at radius 1 is 1.00 bits per heavy atom. The molecule has 2 heterocycles. The van der Waals surface area contributed by atoms with Gasteiger partial charge in [0.05, 0.1) is 23.1 Å². The van der Waals surface area contributed by atoms with Gasteiger partial charge >= 0.3 is 5.97 Å². The van der Waals surface area contributed by atoms with Crippen LogP contribution in [0.4, 0.5) is 5.69 Å². The van der Waals surface area contributed by atoms with Crippen molar-refractivity contribution in [2.45, 2.75) is 12.8 Å². The summed E-state index contributed by atoms with van der Waals surface area (Å²) in [7, 11) is 0. The van der Waals surface area contributed by atoms with Crippen molar-refractivity contribution >= 4 is 33.5 Å². The summed E-state index contributed by atoms with van der Waals surface area (Å²) >= 11 is 0. The Bertz CT molecular complexity index is 1150. The van der Waals surface area contributed by atoms with Crippen molar-refractivity contribution in [2.24, 2.45) is 0 Å². The van der Waals surface area contributed by atoms with E-state index in [0.29, 0.717) is 16.8 Å². The molecule has 4 aromatic rings. The highest BCUT2D eigenvalue weighted by Gasteiger charge is 2.13. The fourth-order valence-corrected chi connectivity index (χ4v) is 3.01. The van der Waals surface area contributed by atoms with Gasteiger partial charge in [0.1, 0.15) is 0 Å². The number of para-hydroxylation sites is 1. The molecule has 0 radical (unpaired) electrons. The zero-order valence-electron chi connectivity index (χ0n) is 14.3. The van der Waals surface area contributed by atoms with E-state index in [-0.39, 0.29) is 18.2 Å². The van der Waals surface area contributed by atoms with Crippen LogP contribution < -0.4 is 10.6 Å². The van der Waals surface area contributed by atoms with E-state index in [0.717, 1.165) is 27.4 Å². The summed E-state index contributed by atoms with van der Waals surface area (Å²) in [5.41, 5.74) is 9.50. The van der Waals surface area contributed by atoms with Gasteiger partial charge in [0.2, 0.25) is 11.8 Å². The Morgan fingerprint density at radius 3 is 2.48 bits per heavy atom. The number of benzene rings is 2. The number of hydrogen-bond donors (Lipinski definition) is 3. The van der Waals surface area contributed by atoms with Crippen molar-refractivity contribution in [1.29, 1.82) is 0 Å². The number of nitrogen functional groups attached to an aromatic ring is 1. The van der Waals surface area contributed by atoms with Crippen LogP contribution in [0.2, 0.25) is 0 Å². The topological polar surface area (TPSA) is 111 Å². The monoisotopic (exact) mass is 363 g/mol. The molecule has 0 fully saturated rings. The number of aryl methyl sites for hydroxylation is 1. The molecule has 0 saturated carbocycles. The standard InChI is InChI=1S/C20H17N3O4/c21-20-13-3-1-2-4-15(13)22-16-7-5-12(11-14(16)20)6-10-19(26)27-23-17(24)8-9-18(23)25/h1-5,7-9,11,24-25H,6,10H2,(H2,21,22). The Kier molecular flexibility index (Phi) is 4.04. The molecule has 0 aliphatic carbocycles. The number of rotatable bonds is 4. The maximum absolute atomic E-state index is 12.0. The fraction of sp³-hybridized carbons (Fsp3) is 0.100. The number of anilines is 1. The highest BCUT2D eigenvalue weighted by molar-refractivity contribution is 6.06. The first kappa shape index (κ1) is 16.7. The van der Waals surface area contributed by atoms with Crippen LogP contribution in [0.3, 0.4) is 0 Å². The minimum atomic E-state index is -0.582. The first-order valence-corrected chi connectivity index (χ1v) is 8.40. The van der Waals surface area contributed by atoms with Gasteiger partial charge in [0.25, 0.3) is 0 Å². The normalized spacial score (nSPS) is 11.1. The number of nitrogens with two attached hydrogens (primary N) is 1. The number of carbonyl (C=O) groups is 1. The van der Waals surface area contributed by atoms with Crippen LogP contribution in [0.15, 0.2) is 54.6 Å². The second-order valence-corrected chi connectivity index (χ2v) is 6.20. The van der Waals surface area contributed by atoms with Gasteiger partial charge in [0.15, 0.2) is 0 Å². The minimum absolute atomic E-state index is 0.0729. The van der Waals surface area contributed by atoms with E-state index in [1.54, 1.807) is 0 Å². The molecule has 0 saturated heterocycles. The number of aromatic nitrogens is 2. The van der Waals surface area contributed by atoms with Gasteiger partial charge in [-0.2, -0.15) is 0 Å². The summed E-state index contributed by atoms with van der Waals surface area (Å²) in [6, 6.07) is 15.8. The fourth-order valence-electron chi connectivity index (χ4n) is 3.01. The van der Waals surface area contributed by atoms with Crippen LogP contribution in [0.25, 0.3) is 21.8 Å². The third-order valence-corrected chi connectivity index (χ3v) is 4.39. The third-order valence-electron chi connectivity index (χ3n) is 4.39. The molecule has 7 heteroatoms. The van der Waals surface area contributed by atoms with Crippen LogP contribution in [0.1, 0.15) is 12.0 Å². The number of aromatic hydroxyl groups is 2. The lowest BCUT2D eigenvalue weighted by Gasteiger charge is -2.09. The van der Waals surface area contributed by atoms with Gasteiger partial charge in [-0.3, -0.25) is 0 Å². The SMILES string of the molecule is Nc1c2ccccc2nc2ccc(CCC(=O)On3c(O)ccc3O)cc12. The van der Waals surface area contributed by atoms with E-state index >= 15 is 0 Å². The van der Waals surface area contributed by atoms with Crippen LogP contribution in [-0.4, -0.2) is 25.9 Å². The lowest BCUT2D eigenvalue weighted by atomic mass is 10.0. The summed E-state index contributed by atoms with van der Waals surface area (Å²) in [6.45, 7) is 0. The summed E-state index contributed by atoms with van der Waals surface area (Å²) in [4.78, 5) is 21.6. The van der Waals surface area contributed by atoms with E-state index in [2.05, 4.69) is 4.98 Å². The van der Waals surface area contributed by atoms with Gasteiger partial charge < -0.3 is 20.8 Å². The Labute approximate surface area is 154 Å². The lowest BCUT2D eigenvalue weighted by molar-refractivity contribution is -0.145. The quantitative estimate of drug-likeness (QED) is 0.481. The molecule has 0 amide bonds. The molecule has 27 heavy (non-hydrogen) atoms. The zero-order valence-corrected chi connectivity index (χ0v) is 14.3. The first-order chi connectivity index (χ1) is 13.0. The smallest absolute Gasteiger partial charge is 0.333 e. The second kappa shape index (κ2) is 6.53. The molecular formula is C20H17N3O4. The number of hydrogen-bond acceptors (Lipinski definition) is 6. The molecule has 7 nitrogen and oxygen atoms in total. The molecule has 4 N–H and O–H groups in total. The summed E-state index contributed by atoms with van der Waals surface area (Å²) in [5, 5.41) is 20.7. The minimum Gasteiger partial charge on any atom is -0.492 e. The van der Waals surface area contributed by atoms with Crippen LogP contribution in [-0.2, 0) is 11.2 Å². The average molecular weight is 363 g/mol. The molecule has 2 aromatic heterocycles. The molecule has 136 valence electrons. The summed E-state index contributed by atoms with van der Waals surface area (Å²) < 4.78 is 0.677. The van der Waals surface area contributed by atoms with E-state index in [9.17, 15) is 15.0 Å². The Morgan fingerprint density at radius 2 is 1.70 bits per heavy atom. The number of carbonyl (C=O) groups excluding carboxylic acids is 1. The largest absolute Gasteiger partial charge is 0.492 e. The van der Waals surface area contributed by atoms with Crippen LogP contribution >= 0.6 is 0 Å². The lowest BCUT2D eigenvalue weighted by Crippen LogP contribution is -2.19. The zero-order chi connectivity index (χ0) is 19.0. The van der Waals surface area contributed by atoms with E-state index in [1.807, 2.05) is 42.5 Å². The van der Waals surface area contributed by atoms with Crippen LogP contribution in [0.5, 0.6) is 11.8 Å². The molecule has 0 aliphatic rings. The average Bonchev–Trinajstić information content (AvgIpc) is 2.99. The molecule has 0 bridgehead atoms. The van der Waals surface area contributed by atoms with E-state index in [1.165, 1.54) is 12.1 Å². The van der Waals surface area contributed by atoms with Crippen LogP contribution in [0, 0.1) is 0 Å². The molecule has 0 aliphatic heterocycles. The predicted octanol–water partition coefficient (Wildman–Crippen LogP) is 2.77. The molecule has 0 spiro atoms. The van der Waals surface area contributed by atoms with Gasteiger partial charge in [-0.15, -0.1) is 4.73 Å². The van der Waals surface area contributed by atoms with E-state index < -0.39 is 5.97 Å². The van der Waals surface area contributed by atoms with Gasteiger partial charge in [0, 0.05) is 22.9 Å². The maximum atomic E-state index is 12.0. The molecule has 0 unspecified atom stereocenters. The Balaban J connectivity index is 1.55. The molecule has 4 rings (SSSR count). The van der Waals surface area contributed by atoms with Crippen molar-refractivity contribution in [1.82, 2.24) is 9.71 Å². The molecule has 0 atom stereocenters. The number of fused-ring (bicyclic) bond motifs is 2. The van der Waals surface area contributed by atoms with Crippen molar-refractivity contribution in [3.8, 4) is 11.8 Å². The predicted molar refractivity (Wildman–Crippen MR) is 101 cm³/mol. The highest BCUT2D eigenvalue weighted by atomic mass is 16.7. The molecule has 2 aromatic carbocycles. The van der Waals surface area contributed by atoms with Gasteiger partial charge in [-0.1, -0.05) is 24.3 Å². The summed E-state index contributed by atoms with van der Waals surface area (Å²) in [6.07, 6.45) is 0.493. The summed E-state index contributed by atoms with van der Waals surface area (Å²) in [5.74, 6) is -1.28. The first-order valence-electron chi connectivity index (χ1n) is 8.40. The van der Waals surface area contributed by atoms with Crippen molar-refractivity contribution in [2.75, 3.05) is 5.73 Å². The highest BCUT2D eigenvalue weighted by Crippen LogP contribution is 2.29.